The van der Waals surface area contributed by atoms with Gasteiger partial charge in [0, 0.05) is 0 Å². The van der Waals surface area contributed by atoms with Crippen molar-refractivity contribution in [2.24, 2.45) is 0 Å². The summed E-state index contributed by atoms with van der Waals surface area (Å²) in [5.41, 5.74) is 0. The van der Waals surface area contributed by atoms with Gasteiger partial charge < -0.3 is 5.02 Å². The zero-order valence-corrected chi connectivity index (χ0v) is 6.82. The highest BCUT2D eigenvalue weighted by molar-refractivity contribution is 7.83. The Morgan fingerprint density at radius 1 is 0.917 bits per heavy atom. The van der Waals surface area contributed by atoms with Crippen molar-refractivity contribution in [1.82, 2.24) is 0 Å². The summed E-state index contributed by atoms with van der Waals surface area (Å²) in [4.78, 5) is 0. The van der Waals surface area contributed by atoms with E-state index in [1.807, 2.05) is 0 Å². The van der Waals surface area contributed by atoms with Crippen LogP contribution in [-0.4, -0.2) is 38.3 Å². The lowest BCUT2D eigenvalue weighted by Crippen LogP contribution is -2.28. The van der Waals surface area contributed by atoms with Gasteiger partial charge in [0.05, 0.1) is 0 Å². The molecule has 0 bridgehead atoms. The molecule has 0 aromatic heterocycles. The Morgan fingerprint density at radius 3 is 1.33 bits per heavy atom. The molecule has 0 rings (SSSR count). The van der Waals surface area contributed by atoms with Crippen LogP contribution in [0.2, 0.25) is 0 Å². The molecule has 72 valence electrons. The SMILES string of the molecule is O=S(=O)(O)OB(O)OS(=O)(=O)O. The van der Waals surface area contributed by atoms with E-state index in [2.05, 4.69) is 8.20 Å². The highest BCUT2D eigenvalue weighted by atomic mass is 32.3. The third-order valence-electron chi connectivity index (χ3n) is 0.408. The maximum absolute atomic E-state index is 9.74. The molecule has 0 atom stereocenters. The van der Waals surface area contributed by atoms with Crippen molar-refractivity contribution in [3.05, 3.63) is 0 Å². The summed E-state index contributed by atoms with van der Waals surface area (Å²) in [5, 5.41) is 8.20. The highest BCUT2D eigenvalue weighted by Gasteiger charge is 2.29. The summed E-state index contributed by atoms with van der Waals surface area (Å²) in [7, 11) is -12.9. The van der Waals surface area contributed by atoms with E-state index in [-0.39, 0.29) is 0 Å². The molecule has 9 nitrogen and oxygen atoms in total. The predicted octanol–water partition coefficient (Wildman–Crippen LogP) is -2.40. The van der Waals surface area contributed by atoms with E-state index in [1.165, 1.54) is 0 Å². The first-order valence-electron chi connectivity index (χ1n) is 2.09. The lowest BCUT2D eigenvalue weighted by molar-refractivity contribution is 0.262. The fourth-order valence-electron chi connectivity index (χ4n) is 0.224. The van der Waals surface area contributed by atoms with Crippen molar-refractivity contribution < 1.29 is 39.2 Å². The molecular weight excluding hydrogens is 219 g/mol. The predicted molar refractivity (Wildman–Crippen MR) is 33.2 cm³/mol. The largest absolute Gasteiger partial charge is 0.670 e. The van der Waals surface area contributed by atoms with Gasteiger partial charge in [0.1, 0.15) is 0 Å². The lowest BCUT2D eigenvalue weighted by Gasteiger charge is -2.00. The molecular formula is H3BO9S2. The fraction of sp³-hybridized carbons (Fsp3) is 0. The maximum Gasteiger partial charge on any atom is 0.670 e. The Kier molecular flexibility index (Phi) is 3.58. The molecule has 0 radical (unpaired) electrons. The van der Waals surface area contributed by atoms with E-state index in [9.17, 15) is 16.8 Å². The van der Waals surface area contributed by atoms with E-state index < -0.39 is 28.1 Å². The Morgan fingerprint density at radius 2 is 1.17 bits per heavy atom. The van der Waals surface area contributed by atoms with E-state index >= 15 is 0 Å². The van der Waals surface area contributed by atoms with Gasteiger partial charge in [-0.25, -0.2) is 8.20 Å². The molecule has 3 N–H and O–H groups in total. The van der Waals surface area contributed by atoms with Crippen LogP contribution in [0, 0.1) is 0 Å². The second-order valence-corrected chi connectivity index (χ2v) is 3.45. The van der Waals surface area contributed by atoms with Crippen LogP contribution in [0.25, 0.3) is 0 Å². The summed E-state index contributed by atoms with van der Waals surface area (Å²) >= 11 is 0. The molecule has 0 aliphatic rings. The van der Waals surface area contributed by atoms with E-state index in [1.54, 1.807) is 0 Å². The third kappa shape index (κ3) is 7.87. The van der Waals surface area contributed by atoms with E-state index in [0.717, 1.165) is 0 Å². The number of hydrogen-bond acceptors (Lipinski definition) is 7. The van der Waals surface area contributed by atoms with Gasteiger partial charge in [-0.1, -0.05) is 0 Å². The Hall–Kier alpha value is -0.235. The third-order valence-corrected chi connectivity index (χ3v) is 1.22. The van der Waals surface area contributed by atoms with Crippen molar-refractivity contribution in [2.45, 2.75) is 0 Å². The Labute approximate surface area is 68.0 Å². The molecule has 0 aliphatic heterocycles. The van der Waals surface area contributed by atoms with Crippen molar-refractivity contribution >= 4 is 28.1 Å². The summed E-state index contributed by atoms with van der Waals surface area (Å²) in [5.74, 6) is 0. The molecule has 0 fully saturated rings. The quantitative estimate of drug-likeness (QED) is 0.349. The van der Waals surface area contributed by atoms with Crippen molar-refractivity contribution in [1.29, 1.82) is 0 Å². The van der Waals surface area contributed by atoms with Crippen molar-refractivity contribution in [3.8, 4) is 0 Å². The second-order valence-electron chi connectivity index (χ2n) is 1.35. The summed E-state index contributed by atoms with van der Waals surface area (Å²) in [6, 6.07) is 0. The zero-order chi connectivity index (χ0) is 9.99. The maximum atomic E-state index is 9.74. The minimum absolute atomic E-state index is 2.82. The van der Waals surface area contributed by atoms with Gasteiger partial charge >= 0.3 is 28.1 Å². The Balaban J connectivity index is 4.19. The van der Waals surface area contributed by atoms with Gasteiger partial charge in [-0.2, -0.15) is 16.8 Å². The van der Waals surface area contributed by atoms with Crippen LogP contribution in [0.1, 0.15) is 0 Å². The molecule has 0 saturated carbocycles. The van der Waals surface area contributed by atoms with Crippen molar-refractivity contribution in [2.75, 3.05) is 0 Å². The van der Waals surface area contributed by atoms with Gasteiger partial charge in [0.25, 0.3) is 0 Å². The fourth-order valence-corrected chi connectivity index (χ4v) is 0.768. The molecule has 0 spiro atoms. The lowest BCUT2D eigenvalue weighted by atomic mass is 10.3. The van der Waals surface area contributed by atoms with Crippen LogP contribution in [0.4, 0.5) is 0 Å². The van der Waals surface area contributed by atoms with Crippen LogP contribution < -0.4 is 0 Å². The van der Waals surface area contributed by atoms with Crippen molar-refractivity contribution in [3.63, 3.8) is 0 Å². The molecule has 12 heteroatoms. The summed E-state index contributed by atoms with van der Waals surface area (Å²) in [6.07, 6.45) is 0. The van der Waals surface area contributed by atoms with Gasteiger partial charge in [-0.15, -0.1) is 0 Å². The van der Waals surface area contributed by atoms with E-state index in [0.29, 0.717) is 0 Å². The van der Waals surface area contributed by atoms with Crippen LogP contribution in [-0.2, 0) is 29.0 Å². The smallest absolute Gasteiger partial charge is 0.400 e. The standard InChI is InChI=1S/BH3O9S2/c2-1(9-11(3,4)5)10-12(6,7)8/h2H,(H,3,4,5)(H,6,7,8). The van der Waals surface area contributed by atoms with E-state index in [4.69, 9.17) is 14.1 Å². The zero-order valence-electron chi connectivity index (χ0n) is 5.18. The average Bonchev–Trinajstić information content (AvgIpc) is 1.49. The summed E-state index contributed by atoms with van der Waals surface area (Å²) < 4.78 is 60.9. The van der Waals surface area contributed by atoms with Crippen LogP contribution in [0.5, 0.6) is 0 Å². The highest BCUT2D eigenvalue weighted by Crippen LogP contribution is 1.95. The molecule has 0 aromatic rings. The molecule has 0 aliphatic carbocycles. The van der Waals surface area contributed by atoms with Gasteiger partial charge in [0.2, 0.25) is 0 Å². The first kappa shape index (κ1) is 11.8. The molecule has 0 saturated heterocycles. The topological polar surface area (TPSA) is 147 Å². The molecule has 0 amide bonds. The number of hydrogen-bond donors (Lipinski definition) is 3. The number of rotatable bonds is 4. The minimum Gasteiger partial charge on any atom is -0.400 e. The normalized spacial score (nSPS) is 12.9. The molecule has 12 heavy (non-hydrogen) atoms. The van der Waals surface area contributed by atoms with Gasteiger partial charge in [0.15, 0.2) is 0 Å². The first-order valence-corrected chi connectivity index (χ1v) is 4.83. The van der Waals surface area contributed by atoms with Gasteiger partial charge in [-0.3, -0.25) is 9.11 Å². The molecule has 0 unspecified atom stereocenters. The van der Waals surface area contributed by atoms with Crippen LogP contribution >= 0.6 is 0 Å². The van der Waals surface area contributed by atoms with Crippen LogP contribution in [0.15, 0.2) is 0 Å². The average molecular weight is 222 g/mol. The summed E-state index contributed by atoms with van der Waals surface area (Å²) in [6.45, 7) is 0. The molecule has 0 aromatic carbocycles. The minimum atomic E-state index is -5.05. The monoisotopic (exact) mass is 222 g/mol. The first-order chi connectivity index (χ1) is 5.10. The van der Waals surface area contributed by atoms with Gasteiger partial charge in [-0.05, 0) is 0 Å². The second kappa shape index (κ2) is 3.65. The molecule has 0 heterocycles. The van der Waals surface area contributed by atoms with Crippen LogP contribution in [0.3, 0.4) is 0 Å². The Bertz CT molecular complexity index is 286.